The standard InChI is InChI=1S/C14H16O/c1-9(2)12-6-10-4-3-5-11(10)13-7-15-8-14(12)13/h6H,1,3-5,7-8H2,2H3. The first-order valence-electron chi connectivity index (χ1n) is 5.67. The number of aryl methyl sites for hydroxylation is 1. The van der Waals surface area contributed by atoms with Gasteiger partial charge < -0.3 is 4.74 Å². The normalized spacial score (nSPS) is 17.7. The van der Waals surface area contributed by atoms with E-state index >= 15 is 0 Å². The van der Waals surface area contributed by atoms with Gasteiger partial charge in [-0.2, -0.15) is 0 Å². The molecule has 1 aliphatic carbocycles. The van der Waals surface area contributed by atoms with E-state index in [9.17, 15) is 0 Å². The van der Waals surface area contributed by atoms with Gasteiger partial charge in [0.15, 0.2) is 0 Å². The zero-order chi connectivity index (χ0) is 10.4. The number of hydrogen-bond acceptors (Lipinski definition) is 1. The van der Waals surface area contributed by atoms with E-state index in [-0.39, 0.29) is 0 Å². The van der Waals surface area contributed by atoms with E-state index in [0.29, 0.717) is 0 Å². The molecule has 0 atom stereocenters. The lowest BCUT2D eigenvalue weighted by atomic mass is 9.92. The lowest BCUT2D eigenvalue weighted by Gasteiger charge is -2.12. The van der Waals surface area contributed by atoms with Crippen molar-refractivity contribution in [2.24, 2.45) is 0 Å². The molecule has 0 amide bonds. The van der Waals surface area contributed by atoms with Gasteiger partial charge in [0.25, 0.3) is 0 Å². The molecular formula is C14H16O. The van der Waals surface area contributed by atoms with Crippen molar-refractivity contribution in [3.8, 4) is 0 Å². The molecule has 0 N–H and O–H groups in total. The van der Waals surface area contributed by atoms with E-state index in [1.165, 1.54) is 47.1 Å². The maximum Gasteiger partial charge on any atom is 0.0730 e. The molecule has 0 unspecified atom stereocenters. The van der Waals surface area contributed by atoms with Crippen molar-refractivity contribution in [2.45, 2.75) is 39.4 Å². The molecule has 15 heavy (non-hydrogen) atoms. The zero-order valence-corrected chi connectivity index (χ0v) is 9.23. The molecule has 78 valence electrons. The summed E-state index contributed by atoms with van der Waals surface area (Å²) in [5, 5.41) is 0. The minimum absolute atomic E-state index is 0.783. The SMILES string of the molecule is C=C(C)c1cc2c(c3c1COC3)CCC2. The van der Waals surface area contributed by atoms with E-state index in [4.69, 9.17) is 4.74 Å². The molecule has 0 radical (unpaired) electrons. The second-order valence-electron chi connectivity index (χ2n) is 4.65. The van der Waals surface area contributed by atoms with Crippen LogP contribution in [0.25, 0.3) is 5.57 Å². The molecule has 3 rings (SSSR count). The number of fused-ring (bicyclic) bond motifs is 3. The summed E-state index contributed by atoms with van der Waals surface area (Å²) in [7, 11) is 0. The Morgan fingerprint density at radius 1 is 1.20 bits per heavy atom. The smallest absolute Gasteiger partial charge is 0.0730 e. The summed E-state index contributed by atoms with van der Waals surface area (Å²) >= 11 is 0. The van der Waals surface area contributed by atoms with Crippen LogP contribution in [0.3, 0.4) is 0 Å². The molecule has 0 aromatic heterocycles. The Labute approximate surface area is 90.8 Å². The summed E-state index contributed by atoms with van der Waals surface area (Å²) in [6.45, 7) is 7.77. The summed E-state index contributed by atoms with van der Waals surface area (Å²) in [5.41, 5.74) is 8.51. The van der Waals surface area contributed by atoms with Crippen LogP contribution in [0.1, 0.15) is 41.2 Å². The van der Waals surface area contributed by atoms with Crippen LogP contribution in [-0.2, 0) is 30.8 Å². The molecule has 1 nitrogen and oxygen atoms in total. The van der Waals surface area contributed by atoms with Gasteiger partial charge in [-0.05, 0) is 54.0 Å². The fourth-order valence-electron chi connectivity index (χ4n) is 2.85. The quantitative estimate of drug-likeness (QED) is 0.676. The molecule has 1 aromatic carbocycles. The Bertz CT molecular complexity index is 443. The van der Waals surface area contributed by atoms with Gasteiger partial charge in [-0.3, -0.25) is 0 Å². The van der Waals surface area contributed by atoms with Crippen LogP contribution in [0.15, 0.2) is 12.6 Å². The summed E-state index contributed by atoms with van der Waals surface area (Å²) < 4.78 is 5.59. The molecule has 1 heteroatoms. The number of ether oxygens (including phenoxy) is 1. The number of benzene rings is 1. The van der Waals surface area contributed by atoms with Gasteiger partial charge in [0.2, 0.25) is 0 Å². The van der Waals surface area contributed by atoms with Crippen LogP contribution < -0.4 is 0 Å². The van der Waals surface area contributed by atoms with Crippen molar-refractivity contribution in [1.29, 1.82) is 0 Å². The van der Waals surface area contributed by atoms with Crippen molar-refractivity contribution >= 4 is 5.57 Å². The van der Waals surface area contributed by atoms with Gasteiger partial charge in [-0.15, -0.1) is 0 Å². The Balaban J connectivity index is 2.27. The number of hydrogen-bond donors (Lipinski definition) is 0. The molecule has 1 aromatic rings. The first-order valence-corrected chi connectivity index (χ1v) is 5.67. The average Bonchev–Trinajstić information content (AvgIpc) is 2.83. The predicted octanol–water partition coefficient (Wildman–Crippen LogP) is 3.24. The minimum Gasteiger partial charge on any atom is -0.372 e. The highest BCUT2D eigenvalue weighted by molar-refractivity contribution is 5.68. The first kappa shape index (κ1) is 9.17. The summed E-state index contributed by atoms with van der Waals surface area (Å²) in [4.78, 5) is 0. The van der Waals surface area contributed by atoms with Crippen LogP contribution in [0.5, 0.6) is 0 Å². The Morgan fingerprint density at radius 2 is 2.00 bits per heavy atom. The summed E-state index contributed by atoms with van der Waals surface area (Å²) in [5.74, 6) is 0. The van der Waals surface area contributed by atoms with Crippen molar-refractivity contribution in [2.75, 3.05) is 0 Å². The topological polar surface area (TPSA) is 9.23 Å². The van der Waals surface area contributed by atoms with Crippen molar-refractivity contribution < 1.29 is 4.74 Å². The lowest BCUT2D eigenvalue weighted by molar-refractivity contribution is 0.134. The van der Waals surface area contributed by atoms with E-state index in [2.05, 4.69) is 19.6 Å². The van der Waals surface area contributed by atoms with E-state index in [1.807, 2.05) is 0 Å². The van der Waals surface area contributed by atoms with Crippen LogP contribution in [0.2, 0.25) is 0 Å². The van der Waals surface area contributed by atoms with Gasteiger partial charge in [0, 0.05) is 0 Å². The Hall–Kier alpha value is -1.08. The fraction of sp³-hybridized carbons (Fsp3) is 0.429. The lowest BCUT2D eigenvalue weighted by Crippen LogP contribution is -1.97. The average molecular weight is 200 g/mol. The van der Waals surface area contributed by atoms with E-state index in [0.717, 1.165) is 13.2 Å². The molecule has 0 fully saturated rings. The maximum absolute atomic E-state index is 5.59. The van der Waals surface area contributed by atoms with Crippen molar-refractivity contribution in [3.63, 3.8) is 0 Å². The zero-order valence-electron chi connectivity index (χ0n) is 9.23. The monoisotopic (exact) mass is 200 g/mol. The Morgan fingerprint density at radius 3 is 2.80 bits per heavy atom. The highest BCUT2D eigenvalue weighted by atomic mass is 16.5. The third kappa shape index (κ3) is 1.26. The van der Waals surface area contributed by atoms with E-state index in [1.54, 1.807) is 5.56 Å². The minimum atomic E-state index is 0.783. The van der Waals surface area contributed by atoms with Crippen LogP contribution in [0, 0.1) is 0 Å². The maximum atomic E-state index is 5.59. The largest absolute Gasteiger partial charge is 0.372 e. The van der Waals surface area contributed by atoms with Crippen LogP contribution in [-0.4, -0.2) is 0 Å². The molecule has 0 spiro atoms. The van der Waals surface area contributed by atoms with Gasteiger partial charge in [-0.1, -0.05) is 18.2 Å². The number of rotatable bonds is 1. The second kappa shape index (κ2) is 3.21. The molecule has 0 saturated heterocycles. The molecule has 0 bridgehead atoms. The van der Waals surface area contributed by atoms with Gasteiger partial charge in [-0.25, -0.2) is 0 Å². The second-order valence-corrected chi connectivity index (χ2v) is 4.65. The highest BCUT2D eigenvalue weighted by Crippen LogP contribution is 2.36. The molecule has 1 heterocycles. The highest BCUT2D eigenvalue weighted by Gasteiger charge is 2.24. The molecule has 2 aliphatic rings. The predicted molar refractivity (Wildman–Crippen MR) is 61.7 cm³/mol. The van der Waals surface area contributed by atoms with Gasteiger partial charge >= 0.3 is 0 Å². The number of allylic oxidation sites excluding steroid dienone is 1. The van der Waals surface area contributed by atoms with Gasteiger partial charge in [0.05, 0.1) is 13.2 Å². The molecule has 0 saturated carbocycles. The van der Waals surface area contributed by atoms with E-state index < -0.39 is 0 Å². The van der Waals surface area contributed by atoms with Crippen LogP contribution in [0.4, 0.5) is 0 Å². The summed E-state index contributed by atoms with van der Waals surface area (Å²) in [6, 6.07) is 2.35. The van der Waals surface area contributed by atoms with Crippen molar-refractivity contribution in [1.82, 2.24) is 0 Å². The third-order valence-electron chi connectivity index (χ3n) is 3.59. The van der Waals surface area contributed by atoms with Crippen molar-refractivity contribution in [3.05, 3.63) is 40.5 Å². The first-order chi connectivity index (χ1) is 7.27. The van der Waals surface area contributed by atoms with Gasteiger partial charge in [0.1, 0.15) is 0 Å². The Kier molecular flexibility index (Phi) is 1.96. The molecular weight excluding hydrogens is 184 g/mol. The third-order valence-corrected chi connectivity index (χ3v) is 3.59. The summed E-state index contributed by atoms with van der Waals surface area (Å²) in [6.07, 6.45) is 3.79. The van der Waals surface area contributed by atoms with Crippen LogP contribution >= 0.6 is 0 Å². The molecule has 1 aliphatic heterocycles. The fourth-order valence-corrected chi connectivity index (χ4v) is 2.85.